The first-order valence-electron chi connectivity index (χ1n) is 5.04. The molecule has 0 saturated carbocycles. The highest BCUT2D eigenvalue weighted by molar-refractivity contribution is 7.80. The highest BCUT2D eigenvalue weighted by Gasteiger charge is 2.15. The Morgan fingerprint density at radius 3 is 2.53 bits per heavy atom. The highest BCUT2D eigenvalue weighted by Crippen LogP contribution is 2.06. The predicted molar refractivity (Wildman–Crippen MR) is 63.5 cm³/mol. The van der Waals surface area contributed by atoms with Gasteiger partial charge in [0.1, 0.15) is 5.60 Å². The lowest BCUT2D eigenvalue weighted by atomic mass is 10.2. The Morgan fingerprint density at radius 2 is 2.07 bits per heavy atom. The third-order valence-corrected chi connectivity index (χ3v) is 1.42. The summed E-state index contributed by atoms with van der Waals surface area (Å²) >= 11 is 4.16. The minimum atomic E-state index is -0.454. The maximum absolute atomic E-state index is 11.2. The van der Waals surface area contributed by atoms with Crippen LogP contribution in [0, 0.1) is 0 Å². The number of carbonyl (C=O) groups excluding carboxylic acids is 1. The number of alkyl carbamates (subject to hydrolysis) is 1. The van der Waals surface area contributed by atoms with Crippen molar-refractivity contribution in [3.63, 3.8) is 0 Å². The first-order chi connectivity index (χ1) is 6.81. The molecule has 0 aliphatic rings. The molecule has 0 saturated heterocycles. The summed E-state index contributed by atoms with van der Waals surface area (Å²) in [5.74, 6) is 0. The van der Waals surface area contributed by atoms with Gasteiger partial charge in [0.25, 0.3) is 0 Å². The molecule has 0 aromatic carbocycles. The summed E-state index contributed by atoms with van der Waals surface area (Å²) in [6.07, 6.45) is -0.412. The molecule has 1 unspecified atom stereocenters. The molecular formula is C10H21NO3S. The van der Waals surface area contributed by atoms with Gasteiger partial charge in [-0.3, -0.25) is 0 Å². The molecule has 0 aromatic heterocycles. The standard InChI is InChI=1S/C10H21NO3S/c1-8(15)7-13-6-5-11-9(12)14-10(2,3)4/h8,15H,5-7H2,1-4H3,(H,11,12). The number of ether oxygens (including phenoxy) is 2. The molecule has 0 aliphatic carbocycles. The van der Waals surface area contributed by atoms with Gasteiger partial charge in [0, 0.05) is 11.8 Å². The van der Waals surface area contributed by atoms with E-state index in [1.807, 2.05) is 27.7 Å². The average Bonchev–Trinajstić information content (AvgIpc) is 1.99. The van der Waals surface area contributed by atoms with Crippen LogP contribution in [-0.4, -0.2) is 36.7 Å². The second-order valence-corrected chi connectivity index (χ2v) is 5.23. The molecule has 0 heterocycles. The molecule has 0 spiro atoms. The number of thiol groups is 1. The van der Waals surface area contributed by atoms with Crippen molar-refractivity contribution in [1.82, 2.24) is 5.32 Å². The third kappa shape index (κ3) is 11.5. The molecule has 0 fully saturated rings. The van der Waals surface area contributed by atoms with E-state index in [0.29, 0.717) is 19.8 Å². The lowest BCUT2D eigenvalue weighted by molar-refractivity contribution is 0.0500. The number of hydrogen-bond acceptors (Lipinski definition) is 4. The van der Waals surface area contributed by atoms with Gasteiger partial charge in [-0.2, -0.15) is 12.6 Å². The molecule has 15 heavy (non-hydrogen) atoms. The van der Waals surface area contributed by atoms with E-state index in [2.05, 4.69) is 17.9 Å². The number of hydrogen-bond donors (Lipinski definition) is 2. The van der Waals surface area contributed by atoms with E-state index in [1.54, 1.807) is 0 Å². The Labute approximate surface area is 97.1 Å². The van der Waals surface area contributed by atoms with Crippen LogP contribution >= 0.6 is 12.6 Å². The van der Waals surface area contributed by atoms with Crippen LogP contribution in [0.2, 0.25) is 0 Å². The van der Waals surface area contributed by atoms with E-state index in [9.17, 15) is 4.79 Å². The maximum Gasteiger partial charge on any atom is 0.407 e. The quantitative estimate of drug-likeness (QED) is 0.565. The summed E-state index contributed by atoms with van der Waals surface area (Å²) in [5.41, 5.74) is -0.454. The van der Waals surface area contributed by atoms with Gasteiger partial charge in [0.15, 0.2) is 0 Å². The van der Waals surface area contributed by atoms with Gasteiger partial charge in [0.2, 0.25) is 0 Å². The van der Waals surface area contributed by atoms with Crippen LogP contribution in [0.3, 0.4) is 0 Å². The first-order valence-corrected chi connectivity index (χ1v) is 5.55. The highest BCUT2D eigenvalue weighted by atomic mass is 32.1. The minimum Gasteiger partial charge on any atom is -0.444 e. The molecule has 0 aromatic rings. The van der Waals surface area contributed by atoms with Gasteiger partial charge >= 0.3 is 6.09 Å². The molecule has 5 heteroatoms. The normalized spacial score (nSPS) is 13.4. The van der Waals surface area contributed by atoms with Crippen LogP contribution in [0.1, 0.15) is 27.7 Å². The van der Waals surface area contributed by atoms with E-state index in [0.717, 1.165) is 0 Å². The zero-order valence-electron chi connectivity index (χ0n) is 9.87. The molecule has 0 radical (unpaired) electrons. The summed E-state index contributed by atoms with van der Waals surface area (Å²) in [5, 5.41) is 2.82. The Hall–Kier alpha value is -0.420. The van der Waals surface area contributed by atoms with Crippen molar-refractivity contribution in [3.8, 4) is 0 Å². The van der Waals surface area contributed by atoms with Crippen molar-refractivity contribution >= 4 is 18.7 Å². The van der Waals surface area contributed by atoms with Crippen LogP contribution in [0.15, 0.2) is 0 Å². The minimum absolute atomic E-state index is 0.214. The summed E-state index contributed by atoms with van der Waals surface area (Å²) in [4.78, 5) is 11.2. The van der Waals surface area contributed by atoms with Crippen molar-refractivity contribution < 1.29 is 14.3 Å². The number of nitrogens with one attached hydrogen (secondary N) is 1. The van der Waals surface area contributed by atoms with Crippen LogP contribution < -0.4 is 5.32 Å². The Balaban J connectivity index is 3.40. The summed E-state index contributed by atoms with van der Waals surface area (Å²) < 4.78 is 10.3. The second-order valence-electron chi connectivity index (χ2n) is 4.35. The fourth-order valence-electron chi connectivity index (χ4n) is 0.793. The van der Waals surface area contributed by atoms with Crippen molar-refractivity contribution in [2.24, 2.45) is 0 Å². The zero-order chi connectivity index (χ0) is 11.9. The van der Waals surface area contributed by atoms with Crippen molar-refractivity contribution in [2.75, 3.05) is 19.8 Å². The first kappa shape index (κ1) is 14.6. The Morgan fingerprint density at radius 1 is 1.47 bits per heavy atom. The molecule has 1 atom stereocenters. The maximum atomic E-state index is 11.2. The van der Waals surface area contributed by atoms with Crippen LogP contribution in [-0.2, 0) is 9.47 Å². The van der Waals surface area contributed by atoms with Gasteiger partial charge in [-0.05, 0) is 20.8 Å². The molecule has 0 rings (SSSR count). The van der Waals surface area contributed by atoms with Crippen LogP contribution in [0.25, 0.3) is 0 Å². The Bertz CT molecular complexity index is 190. The van der Waals surface area contributed by atoms with Gasteiger partial charge in [0.05, 0.1) is 13.2 Å². The summed E-state index contributed by atoms with van der Waals surface area (Å²) in [6.45, 7) is 8.94. The third-order valence-electron chi connectivity index (χ3n) is 1.27. The summed E-state index contributed by atoms with van der Waals surface area (Å²) in [6, 6.07) is 0. The lowest BCUT2D eigenvalue weighted by Gasteiger charge is -2.19. The number of rotatable bonds is 5. The van der Waals surface area contributed by atoms with E-state index in [-0.39, 0.29) is 5.25 Å². The molecule has 1 amide bonds. The molecule has 0 bridgehead atoms. The van der Waals surface area contributed by atoms with Crippen molar-refractivity contribution in [3.05, 3.63) is 0 Å². The topological polar surface area (TPSA) is 47.6 Å². The van der Waals surface area contributed by atoms with E-state index >= 15 is 0 Å². The smallest absolute Gasteiger partial charge is 0.407 e. The number of carbonyl (C=O) groups is 1. The zero-order valence-corrected chi connectivity index (χ0v) is 10.8. The lowest BCUT2D eigenvalue weighted by Crippen LogP contribution is -2.34. The second kappa shape index (κ2) is 6.95. The van der Waals surface area contributed by atoms with E-state index in [1.165, 1.54) is 0 Å². The van der Waals surface area contributed by atoms with Gasteiger partial charge in [-0.25, -0.2) is 4.79 Å². The molecule has 90 valence electrons. The SMILES string of the molecule is CC(S)COCCNC(=O)OC(C)(C)C. The molecular weight excluding hydrogens is 214 g/mol. The largest absolute Gasteiger partial charge is 0.444 e. The van der Waals surface area contributed by atoms with Gasteiger partial charge in [-0.1, -0.05) is 6.92 Å². The predicted octanol–water partition coefficient (Wildman–Crippen LogP) is 1.85. The molecule has 1 N–H and O–H groups in total. The fourth-order valence-corrected chi connectivity index (χ4v) is 0.899. The van der Waals surface area contributed by atoms with Gasteiger partial charge in [-0.15, -0.1) is 0 Å². The fraction of sp³-hybridized carbons (Fsp3) is 0.900. The van der Waals surface area contributed by atoms with Gasteiger partial charge < -0.3 is 14.8 Å². The monoisotopic (exact) mass is 235 g/mol. The van der Waals surface area contributed by atoms with Crippen LogP contribution in [0.4, 0.5) is 4.79 Å². The van der Waals surface area contributed by atoms with E-state index < -0.39 is 11.7 Å². The van der Waals surface area contributed by atoms with Crippen molar-refractivity contribution in [2.45, 2.75) is 38.5 Å². The molecule has 4 nitrogen and oxygen atoms in total. The number of amides is 1. The van der Waals surface area contributed by atoms with Crippen LogP contribution in [0.5, 0.6) is 0 Å². The Kier molecular flexibility index (Phi) is 6.76. The van der Waals surface area contributed by atoms with Crippen molar-refractivity contribution in [1.29, 1.82) is 0 Å². The molecule has 0 aliphatic heterocycles. The van der Waals surface area contributed by atoms with E-state index in [4.69, 9.17) is 9.47 Å². The summed E-state index contributed by atoms with van der Waals surface area (Å²) in [7, 11) is 0. The average molecular weight is 235 g/mol.